The summed E-state index contributed by atoms with van der Waals surface area (Å²) in [6, 6.07) is 13.1. The van der Waals surface area contributed by atoms with E-state index in [1.54, 1.807) is 6.07 Å². The Kier molecular flexibility index (Phi) is 5.52. The quantitative estimate of drug-likeness (QED) is 0.500. The number of halogens is 3. The molecule has 0 bridgehead atoms. The standard InChI is InChI=1S/C19H14F3N5OS/c1-11-8-13(12(2)27(11)15-6-4-3-5-7-15)9-14(10-23)16(28)24-18-26-25-17(29-18)19(20,21)22/h3-9H,1-2H3,(H,24,26,28)/b14-9-. The summed E-state index contributed by atoms with van der Waals surface area (Å²) in [7, 11) is 0. The number of para-hydroxylation sites is 1. The molecule has 148 valence electrons. The molecule has 0 aliphatic heterocycles. The Morgan fingerprint density at radius 1 is 1.24 bits per heavy atom. The second kappa shape index (κ2) is 7.89. The Morgan fingerprint density at radius 3 is 2.52 bits per heavy atom. The summed E-state index contributed by atoms with van der Waals surface area (Å²) >= 11 is 0.189. The third-order valence-electron chi connectivity index (χ3n) is 4.04. The number of nitrogens with zero attached hydrogens (tertiary/aromatic N) is 4. The number of nitrogens with one attached hydrogen (secondary N) is 1. The normalized spacial score (nSPS) is 11.9. The molecule has 3 rings (SSSR count). The fourth-order valence-corrected chi connectivity index (χ4v) is 3.37. The van der Waals surface area contributed by atoms with E-state index in [9.17, 15) is 23.2 Å². The third-order valence-corrected chi connectivity index (χ3v) is 4.92. The Labute approximate surface area is 167 Å². The maximum absolute atomic E-state index is 12.6. The van der Waals surface area contributed by atoms with Crippen LogP contribution in [0, 0.1) is 25.2 Å². The first-order chi connectivity index (χ1) is 13.7. The van der Waals surface area contributed by atoms with Crippen LogP contribution >= 0.6 is 11.3 Å². The van der Waals surface area contributed by atoms with Gasteiger partial charge in [-0.25, -0.2) is 0 Å². The van der Waals surface area contributed by atoms with Gasteiger partial charge in [0.1, 0.15) is 11.6 Å². The van der Waals surface area contributed by atoms with Crippen molar-refractivity contribution in [3.8, 4) is 11.8 Å². The first kappa shape index (κ1) is 20.3. The third kappa shape index (κ3) is 4.35. The summed E-state index contributed by atoms with van der Waals surface area (Å²) < 4.78 is 39.8. The highest BCUT2D eigenvalue weighted by molar-refractivity contribution is 7.15. The molecule has 0 spiro atoms. The van der Waals surface area contributed by atoms with Gasteiger partial charge in [-0.2, -0.15) is 18.4 Å². The largest absolute Gasteiger partial charge is 0.445 e. The molecule has 0 aliphatic carbocycles. The lowest BCUT2D eigenvalue weighted by Gasteiger charge is -2.09. The average molecular weight is 417 g/mol. The molecule has 29 heavy (non-hydrogen) atoms. The second-order valence-electron chi connectivity index (χ2n) is 6.03. The fourth-order valence-electron chi connectivity index (χ4n) is 2.76. The van der Waals surface area contributed by atoms with Crippen LogP contribution in [0.2, 0.25) is 0 Å². The summed E-state index contributed by atoms with van der Waals surface area (Å²) in [4.78, 5) is 12.3. The molecular formula is C19H14F3N5OS. The van der Waals surface area contributed by atoms with E-state index in [4.69, 9.17) is 0 Å². The van der Waals surface area contributed by atoms with Gasteiger partial charge >= 0.3 is 6.18 Å². The smallest absolute Gasteiger partial charge is 0.318 e. The number of hydrogen-bond acceptors (Lipinski definition) is 5. The summed E-state index contributed by atoms with van der Waals surface area (Å²) in [5.74, 6) is -0.859. The Morgan fingerprint density at radius 2 is 1.93 bits per heavy atom. The molecule has 0 saturated heterocycles. The summed E-state index contributed by atoms with van der Waals surface area (Å²) in [6.45, 7) is 3.74. The topological polar surface area (TPSA) is 83.6 Å². The van der Waals surface area contributed by atoms with Crippen LogP contribution in [0.3, 0.4) is 0 Å². The van der Waals surface area contributed by atoms with Gasteiger partial charge in [0.2, 0.25) is 10.1 Å². The van der Waals surface area contributed by atoms with Crippen molar-refractivity contribution in [1.82, 2.24) is 14.8 Å². The molecule has 3 aromatic rings. The molecule has 1 aromatic carbocycles. The van der Waals surface area contributed by atoms with Crippen molar-refractivity contribution in [3.63, 3.8) is 0 Å². The molecule has 10 heteroatoms. The predicted octanol–water partition coefficient (Wildman–Crippen LogP) is 4.51. The van der Waals surface area contributed by atoms with E-state index in [1.807, 2.05) is 54.8 Å². The number of anilines is 1. The van der Waals surface area contributed by atoms with E-state index in [-0.39, 0.29) is 22.0 Å². The van der Waals surface area contributed by atoms with Crippen LogP contribution in [-0.2, 0) is 11.0 Å². The zero-order chi connectivity index (χ0) is 21.2. The van der Waals surface area contributed by atoms with E-state index in [0.29, 0.717) is 5.56 Å². The number of alkyl halides is 3. The minimum Gasteiger partial charge on any atom is -0.318 e. The Balaban J connectivity index is 1.88. The fraction of sp³-hybridized carbons (Fsp3) is 0.158. The first-order valence-corrected chi connectivity index (χ1v) is 9.10. The van der Waals surface area contributed by atoms with Crippen molar-refractivity contribution in [3.05, 3.63) is 63.9 Å². The number of carbonyl (C=O) groups is 1. The molecule has 0 saturated carbocycles. The van der Waals surface area contributed by atoms with E-state index < -0.39 is 17.1 Å². The van der Waals surface area contributed by atoms with Crippen molar-refractivity contribution >= 4 is 28.5 Å². The highest BCUT2D eigenvalue weighted by Gasteiger charge is 2.35. The average Bonchev–Trinajstić information content (AvgIpc) is 3.24. The monoisotopic (exact) mass is 417 g/mol. The van der Waals surface area contributed by atoms with Crippen molar-refractivity contribution in [1.29, 1.82) is 5.26 Å². The lowest BCUT2D eigenvalue weighted by molar-refractivity contribution is -0.138. The predicted molar refractivity (Wildman–Crippen MR) is 102 cm³/mol. The number of rotatable bonds is 4. The maximum Gasteiger partial charge on any atom is 0.445 e. The second-order valence-corrected chi connectivity index (χ2v) is 7.01. The molecule has 0 radical (unpaired) electrons. The lowest BCUT2D eigenvalue weighted by Crippen LogP contribution is -2.13. The Bertz CT molecular complexity index is 1120. The van der Waals surface area contributed by atoms with E-state index in [2.05, 4.69) is 15.5 Å². The number of nitriles is 1. The first-order valence-electron chi connectivity index (χ1n) is 8.29. The van der Waals surface area contributed by atoms with Crippen molar-refractivity contribution in [2.24, 2.45) is 0 Å². The molecule has 6 nitrogen and oxygen atoms in total. The molecule has 0 aliphatic rings. The minimum absolute atomic E-state index is 0.189. The molecule has 1 N–H and O–H groups in total. The van der Waals surface area contributed by atoms with Crippen LogP contribution in [0.25, 0.3) is 11.8 Å². The van der Waals surface area contributed by atoms with Crippen LogP contribution in [0.5, 0.6) is 0 Å². The molecule has 0 fully saturated rings. The van der Waals surface area contributed by atoms with Gasteiger partial charge in [-0.05, 0) is 43.7 Å². The van der Waals surface area contributed by atoms with Gasteiger partial charge in [-0.3, -0.25) is 10.1 Å². The Hall–Kier alpha value is -3.45. The molecule has 0 atom stereocenters. The number of hydrogen-bond donors (Lipinski definition) is 1. The van der Waals surface area contributed by atoms with Gasteiger partial charge in [-0.1, -0.05) is 29.5 Å². The van der Waals surface area contributed by atoms with Crippen LogP contribution in [0.1, 0.15) is 22.0 Å². The number of carbonyl (C=O) groups excluding carboxylic acids is 1. The van der Waals surface area contributed by atoms with E-state index >= 15 is 0 Å². The van der Waals surface area contributed by atoms with Crippen LogP contribution < -0.4 is 5.32 Å². The van der Waals surface area contributed by atoms with E-state index in [1.165, 1.54) is 6.08 Å². The molecule has 2 aromatic heterocycles. The van der Waals surface area contributed by atoms with Crippen LogP contribution in [0.4, 0.5) is 18.3 Å². The molecular weight excluding hydrogens is 403 g/mol. The zero-order valence-corrected chi connectivity index (χ0v) is 16.1. The van der Waals surface area contributed by atoms with Gasteiger partial charge in [0.05, 0.1) is 0 Å². The number of benzene rings is 1. The van der Waals surface area contributed by atoms with Crippen LogP contribution in [-0.4, -0.2) is 20.7 Å². The van der Waals surface area contributed by atoms with Crippen LogP contribution in [0.15, 0.2) is 42.0 Å². The van der Waals surface area contributed by atoms with E-state index in [0.717, 1.165) is 17.1 Å². The number of aryl methyl sites for hydroxylation is 1. The molecule has 1 amide bonds. The zero-order valence-electron chi connectivity index (χ0n) is 15.3. The summed E-state index contributed by atoms with van der Waals surface area (Å²) in [5.41, 5.74) is 3.02. The molecule has 2 heterocycles. The summed E-state index contributed by atoms with van der Waals surface area (Å²) in [6.07, 6.45) is -3.26. The summed E-state index contributed by atoms with van der Waals surface area (Å²) in [5, 5.41) is 16.3. The highest BCUT2D eigenvalue weighted by atomic mass is 32.1. The maximum atomic E-state index is 12.6. The number of aromatic nitrogens is 3. The van der Waals surface area contributed by atoms with Gasteiger partial charge in [0.15, 0.2) is 0 Å². The highest BCUT2D eigenvalue weighted by Crippen LogP contribution is 2.33. The van der Waals surface area contributed by atoms with Gasteiger partial charge in [-0.15, -0.1) is 10.2 Å². The van der Waals surface area contributed by atoms with Gasteiger partial charge in [0.25, 0.3) is 5.91 Å². The van der Waals surface area contributed by atoms with Gasteiger partial charge in [0, 0.05) is 17.1 Å². The molecule has 0 unspecified atom stereocenters. The lowest BCUT2D eigenvalue weighted by atomic mass is 10.1. The SMILES string of the molecule is Cc1cc(/C=C(/C#N)C(=O)Nc2nnc(C(F)(F)F)s2)c(C)n1-c1ccccc1. The minimum atomic E-state index is -4.65. The van der Waals surface area contributed by atoms with Crippen molar-refractivity contribution in [2.45, 2.75) is 20.0 Å². The van der Waals surface area contributed by atoms with Crippen molar-refractivity contribution < 1.29 is 18.0 Å². The van der Waals surface area contributed by atoms with Crippen molar-refractivity contribution in [2.75, 3.05) is 5.32 Å². The van der Waals surface area contributed by atoms with Gasteiger partial charge < -0.3 is 4.57 Å². The number of amides is 1.